The number of ether oxygens (including phenoxy) is 2. The van der Waals surface area contributed by atoms with Gasteiger partial charge in [0.05, 0.1) is 13.0 Å². The molecule has 2 aromatic rings. The van der Waals surface area contributed by atoms with Gasteiger partial charge in [0.1, 0.15) is 11.5 Å². The summed E-state index contributed by atoms with van der Waals surface area (Å²) in [6.45, 7) is 0.175. The van der Waals surface area contributed by atoms with Gasteiger partial charge in [0.15, 0.2) is 0 Å². The Hall–Kier alpha value is -2.63. The molecule has 0 fully saturated rings. The summed E-state index contributed by atoms with van der Waals surface area (Å²) >= 11 is 0. The fourth-order valence-electron chi connectivity index (χ4n) is 2.30. The third kappa shape index (κ3) is 6.79. The van der Waals surface area contributed by atoms with E-state index in [1.54, 1.807) is 12.1 Å². The van der Waals surface area contributed by atoms with Crippen LogP contribution in [-0.4, -0.2) is 25.7 Å². The Kier molecular flexibility index (Phi) is 7.19. The zero-order valence-corrected chi connectivity index (χ0v) is 14.0. The summed E-state index contributed by atoms with van der Waals surface area (Å²) in [5.74, 6) is 0.839. The summed E-state index contributed by atoms with van der Waals surface area (Å²) in [7, 11) is 0. The van der Waals surface area contributed by atoms with Crippen LogP contribution < -0.4 is 14.8 Å². The van der Waals surface area contributed by atoms with E-state index in [2.05, 4.69) is 10.1 Å². The molecule has 0 aliphatic heterocycles. The number of amides is 1. The molecule has 1 N–H and O–H groups in total. The fourth-order valence-corrected chi connectivity index (χ4v) is 2.30. The van der Waals surface area contributed by atoms with E-state index in [9.17, 15) is 13.6 Å². The summed E-state index contributed by atoms with van der Waals surface area (Å²) in [5.41, 5.74) is 1.84. The Labute approximate surface area is 145 Å². The lowest BCUT2D eigenvalue weighted by Crippen LogP contribution is -2.27. The van der Waals surface area contributed by atoms with Gasteiger partial charge in [-0.1, -0.05) is 24.3 Å². The number of benzene rings is 2. The van der Waals surface area contributed by atoms with E-state index < -0.39 is 6.61 Å². The van der Waals surface area contributed by atoms with E-state index in [0.717, 1.165) is 16.9 Å². The first-order chi connectivity index (χ1) is 12.1. The van der Waals surface area contributed by atoms with Crippen molar-refractivity contribution in [3.63, 3.8) is 0 Å². The first kappa shape index (κ1) is 18.7. The third-order valence-corrected chi connectivity index (χ3v) is 3.48. The first-order valence-electron chi connectivity index (χ1n) is 8.09. The van der Waals surface area contributed by atoms with Crippen LogP contribution in [0.2, 0.25) is 0 Å². The van der Waals surface area contributed by atoms with Crippen LogP contribution >= 0.6 is 0 Å². The van der Waals surface area contributed by atoms with Crippen LogP contribution in [0.3, 0.4) is 0 Å². The minimum absolute atomic E-state index is 0.0678. The van der Waals surface area contributed by atoms with Crippen LogP contribution in [0.1, 0.15) is 18.1 Å². The van der Waals surface area contributed by atoms with Gasteiger partial charge < -0.3 is 14.8 Å². The number of hydrogen-bond donors (Lipinski definition) is 1. The minimum Gasteiger partial charge on any atom is -0.494 e. The second-order valence-corrected chi connectivity index (χ2v) is 5.38. The highest BCUT2D eigenvalue weighted by molar-refractivity contribution is 5.78. The van der Waals surface area contributed by atoms with Gasteiger partial charge in [0.2, 0.25) is 5.91 Å². The minimum atomic E-state index is -2.83. The molecule has 0 aliphatic rings. The van der Waals surface area contributed by atoms with Crippen LogP contribution in [0.15, 0.2) is 48.5 Å². The van der Waals surface area contributed by atoms with Crippen molar-refractivity contribution in [1.29, 1.82) is 0 Å². The molecule has 4 nitrogen and oxygen atoms in total. The van der Waals surface area contributed by atoms with Crippen LogP contribution in [0.25, 0.3) is 0 Å². The van der Waals surface area contributed by atoms with Crippen molar-refractivity contribution in [1.82, 2.24) is 5.32 Å². The number of nitrogens with one attached hydrogen (secondary N) is 1. The second kappa shape index (κ2) is 9.61. The number of alkyl halides is 2. The number of rotatable bonds is 9. The molecule has 0 aromatic heterocycles. The average molecular weight is 349 g/mol. The van der Waals surface area contributed by atoms with E-state index in [1.807, 2.05) is 31.2 Å². The number of hydrogen-bond acceptors (Lipinski definition) is 3. The molecular weight excluding hydrogens is 328 g/mol. The van der Waals surface area contributed by atoms with Crippen LogP contribution in [0.4, 0.5) is 8.78 Å². The summed E-state index contributed by atoms with van der Waals surface area (Å²) in [6, 6.07) is 13.8. The standard InChI is InChI=1S/C19H21F2NO3/c1-2-24-16-7-5-15(6-8-16)13-18(23)22-12-11-14-3-9-17(10-4-14)25-19(20)21/h3-10,19H,2,11-13H2,1H3,(H,22,23). The van der Waals surface area contributed by atoms with E-state index in [0.29, 0.717) is 26.0 Å². The van der Waals surface area contributed by atoms with Crippen molar-refractivity contribution >= 4 is 5.91 Å². The van der Waals surface area contributed by atoms with Crippen molar-refractivity contribution in [3.05, 3.63) is 59.7 Å². The zero-order chi connectivity index (χ0) is 18.1. The van der Waals surface area contributed by atoms with Gasteiger partial charge in [-0.25, -0.2) is 0 Å². The molecule has 2 rings (SSSR count). The lowest BCUT2D eigenvalue weighted by Gasteiger charge is -2.08. The van der Waals surface area contributed by atoms with Crippen LogP contribution in [0.5, 0.6) is 11.5 Å². The Morgan fingerprint density at radius 1 is 1.00 bits per heavy atom. The third-order valence-electron chi connectivity index (χ3n) is 3.48. The first-order valence-corrected chi connectivity index (χ1v) is 8.09. The van der Waals surface area contributed by atoms with Crippen molar-refractivity contribution in [2.75, 3.05) is 13.2 Å². The number of carbonyl (C=O) groups excluding carboxylic acids is 1. The SMILES string of the molecule is CCOc1ccc(CC(=O)NCCc2ccc(OC(F)F)cc2)cc1. The molecule has 134 valence electrons. The Balaban J connectivity index is 1.72. The largest absolute Gasteiger partial charge is 0.494 e. The van der Waals surface area contributed by atoms with Crippen molar-refractivity contribution in [2.24, 2.45) is 0 Å². The maximum Gasteiger partial charge on any atom is 0.387 e. The molecular formula is C19H21F2NO3. The number of carbonyl (C=O) groups is 1. The van der Waals surface area contributed by atoms with Crippen LogP contribution in [0, 0.1) is 0 Å². The van der Waals surface area contributed by atoms with Crippen molar-refractivity contribution in [2.45, 2.75) is 26.4 Å². The maximum atomic E-state index is 12.1. The molecule has 0 unspecified atom stereocenters. The van der Waals surface area contributed by atoms with E-state index in [1.165, 1.54) is 12.1 Å². The molecule has 0 saturated heterocycles. The summed E-state index contributed by atoms with van der Waals surface area (Å²) in [6.07, 6.45) is 0.914. The van der Waals surface area contributed by atoms with Crippen LogP contribution in [-0.2, 0) is 17.6 Å². The highest BCUT2D eigenvalue weighted by Gasteiger charge is 2.05. The molecule has 1 amide bonds. The molecule has 6 heteroatoms. The fraction of sp³-hybridized carbons (Fsp3) is 0.316. The molecule has 0 bridgehead atoms. The van der Waals surface area contributed by atoms with Gasteiger partial charge >= 0.3 is 6.61 Å². The molecule has 0 radical (unpaired) electrons. The normalized spacial score (nSPS) is 10.6. The maximum absolute atomic E-state index is 12.1. The molecule has 0 atom stereocenters. The van der Waals surface area contributed by atoms with Gasteiger partial charge in [-0.3, -0.25) is 4.79 Å². The lowest BCUT2D eigenvalue weighted by atomic mass is 10.1. The van der Waals surface area contributed by atoms with E-state index in [4.69, 9.17) is 4.74 Å². The van der Waals surface area contributed by atoms with Gasteiger partial charge in [0, 0.05) is 6.54 Å². The Morgan fingerprint density at radius 2 is 1.60 bits per heavy atom. The van der Waals surface area contributed by atoms with Gasteiger partial charge in [0.25, 0.3) is 0 Å². The van der Waals surface area contributed by atoms with Crippen molar-refractivity contribution in [3.8, 4) is 11.5 Å². The average Bonchev–Trinajstić information content (AvgIpc) is 2.58. The zero-order valence-electron chi connectivity index (χ0n) is 14.0. The smallest absolute Gasteiger partial charge is 0.387 e. The van der Waals surface area contributed by atoms with Crippen molar-refractivity contribution < 1.29 is 23.0 Å². The predicted molar refractivity (Wildman–Crippen MR) is 91.1 cm³/mol. The molecule has 2 aromatic carbocycles. The molecule has 0 spiro atoms. The topological polar surface area (TPSA) is 47.6 Å². The Bertz CT molecular complexity index is 657. The van der Waals surface area contributed by atoms with E-state index >= 15 is 0 Å². The lowest BCUT2D eigenvalue weighted by molar-refractivity contribution is -0.120. The molecule has 25 heavy (non-hydrogen) atoms. The quantitative estimate of drug-likeness (QED) is 0.753. The summed E-state index contributed by atoms with van der Waals surface area (Å²) < 4.78 is 33.8. The highest BCUT2D eigenvalue weighted by Crippen LogP contribution is 2.15. The summed E-state index contributed by atoms with van der Waals surface area (Å²) in [5, 5.41) is 2.84. The highest BCUT2D eigenvalue weighted by atomic mass is 19.3. The molecule has 0 heterocycles. The monoisotopic (exact) mass is 349 g/mol. The molecule has 0 aliphatic carbocycles. The second-order valence-electron chi connectivity index (χ2n) is 5.38. The predicted octanol–water partition coefficient (Wildman–Crippen LogP) is 3.59. The van der Waals surface area contributed by atoms with Gasteiger partial charge in [-0.15, -0.1) is 0 Å². The van der Waals surface area contributed by atoms with E-state index in [-0.39, 0.29) is 11.7 Å². The van der Waals surface area contributed by atoms with Gasteiger partial charge in [-0.2, -0.15) is 8.78 Å². The molecule has 0 saturated carbocycles. The van der Waals surface area contributed by atoms with Gasteiger partial charge in [-0.05, 0) is 48.7 Å². The Morgan fingerprint density at radius 3 is 2.20 bits per heavy atom. The number of halogens is 2. The summed E-state index contributed by atoms with van der Waals surface area (Å²) in [4.78, 5) is 11.9.